The van der Waals surface area contributed by atoms with E-state index in [2.05, 4.69) is 10.6 Å². The lowest BCUT2D eigenvalue weighted by molar-refractivity contribution is -0.123. The van der Waals surface area contributed by atoms with Gasteiger partial charge in [-0.05, 0) is 38.3 Å². The number of benzene rings is 2. The van der Waals surface area contributed by atoms with Gasteiger partial charge in [0.15, 0.2) is 0 Å². The summed E-state index contributed by atoms with van der Waals surface area (Å²) in [7, 11) is 0. The number of hydrogen-bond donors (Lipinski definition) is 2. The first kappa shape index (κ1) is 20.5. The van der Waals surface area contributed by atoms with Crippen LogP contribution in [0.2, 0.25) is 0 Å². The molecule has 0 aliphatic carbocycles. The van der Waals surface area contributed by atoms with E-state index in [4.69, 9.17) is 4.74 Å². The van der Waals surface area contributed by atoms with Crippen molar-refractivity contribution in [3.8, 4) is 0 Å². The predicted octanol–water partition coefficient (Wildman–Crippen LogP) is 3.48. The first-order valence-electron chi connectivity index (χ1n) is 9.18. The van der Waals surface area contributed by atoms with Gasteiger partial charge in [0.05, 0.1) is 0 Å². The van der Waals surface area contributed by atoms with E-state index in [-0.39, 0.29) is 5.91 Å². The number of carbonyl (C=O) groups is 2. The van der Waals surface area contributed by atoms with Gasteiger partial charge in [-0.3, -0.25) is 4.79 Å². The fourth-order valence-corrected chi connectivity index (χ4v) is 2.61. The summed E-state index contributed by atoms with van der Waals surface area (Å²) in [6.07, 6.45) is 0.538. The Morgan fingerprint density at radius 1 is 0.926 bits per heavy atom. The average molecular weight is 368 g/mol. The van der Waals surface area contributed by atoms with Gasteiger partial charge >= 0.3 is 6.09 Å². The van der Waals surface area contributed by atoms with Crippen LogP contribution in [0, 0.1) is 0 Å². The van der Waals surface area contributed by atoms with Crippen molar-refractivity contribution < 1.29 is 14.3 Å². The number of nitrogens with one attached hydrogen (secondary N) is 2. The number of hydrogen-bond acceptors (Lipinski definition) is 3. The Bertz CT molecular complexity index is 724. The molecular formula is C22H28N2O3. The van der Waals surface area contributed by atoms with E-state index in [1.807, 2.05) is 60.7 Å². The van der Waals surface area contributed by atoms with Crippen LogP contribution in [0.3, 0.4) is 0 Å². The van der Waals surface area contributed by atoms with Crippen LogP contribution >= 0.6 is 0 Å². The van der Waals surface area contributed by atoms with Gasteiger partial charge in [0, 0.05) is 13.0 Å². The van der Waals surface area contributed by atoms with Crippen LogP contribution < -0.4 is 10.6 Å². The minimum Gasteiger partial charge on any atom is -0.444 e. The summed E-state index contributed by atoms with van der Waals surface area (Å²) in [5, 5.41) is 5.61. The maximum absolute atomic E-state index is 12.7. The van der Waals surface area contributed by atoms with Gasteiger partial charge in [-0.2, -0.15) is 0 Å². The molecule has 2 amide bonds. The van der Waals surface area contributed by atoms with E-state index < -0.39 is 17.7 Å². The summed E-state index contributed by atoms with van der Waals surface area (Å²) < 4.78 is 5.30. The molecule has 0 saturated heterocycles. The minimum atomic E-state index is -0.696. The topological polar surface area (TPSA) is 67.4 Å². The summed E-state index contributed by atoms with van der Waals surface area (Å²) in [5.41, 5.74) is 1.50. The normalized spacial score (nSPS) is 12.1. The molecule has 0 radical (unpaired) electrons. The lowest BCUT2D eigenvalue weighted by Gasteiger charge is -2.23. The molecule has 5 heteroatoms. The Labute approximate surface area is 161 Å². The monoisotopic (exact) mass is 368 g/mol. The van der Waals surface area contributed by atoms with Gasteiger partial charge in [-0.25, -0.2) is 4.79 Å². The second-order valence-corrected chi connectivity index (χ2v) is 7.42. The van der Waals surface area contributed by atoms with Crippen molar-refractivity contribution in [2.45, 2.75) is 45.3 Å². The van der Waals surface area contributed by atoms with Gasteiger partial charge in [-0.1, -0.05) is 60.7 Å². The van der Waals surface area contributed by atoms with Gasteiger partial charge in [-0.15, -0.1) is 0 Å². The number of carbonyl (C=O) groups excluding carboxylic acids is 2. The van der Waals surface area contributed by atoms with E-state index >= 15 is 0 Å². The van der Waals surface area contributed by atoms with Crippen LogP contribution in [-0.4, -0.2) is 30.2 Å². The molecule has 0 heterocycles. The molecule has 0 aliphatic rings. The molecule has 144 valence electrons. The van der Waals surface area contributed by atoms with E-state index in [1.54, 1.807) is 20.8 Å². The molecule has 1 unspecified atom stereocenters. The standard InChI is InChI=1S/C22H28N2O3/c1-22(2,3)27-21(26)24-19(16-18-12-8-5-9-13-18)20(25)23-15-14-17-10-6-4-7-11-17/h4-13,19H,14-16H2,1-3H3,(H,23,25)(H,24,26). The molecule has 2 aromatic rings. The van der Waals surface area contributed by atoms with E-state index in [9.17, 15) is 9.59 Å². The highest BCUT2D eigenvalue weighted by atomic mass is 16.6. The number of ether oxygens (including phenoxy) is 1. The highest BCUT2D eigenvalue weighted by Crippen LogP contribution is 2.09. The Kier molecular flexibility index (Phi) is 7.41. The molecule has 0 aliphatic heterocycles. The van der Waals surface area contributed by atoms with Gasteiger partial charge in [0.1, 0.15) is 11.6 Å². The summed E-state index contributed by atoms with van der Waals surface area (Å²) in [6, 6.07) is 18.8. The largest absolute Gasteiger partial charge is 0.444 e. The van der Waals surface area contributed by atoms with Crippen LogP contribution in [0.1, 0.15) is 31.9 Å². The lowest BCUT2D eigenvalue weighted by atomic mass is 10.1. The molecule has 2 rings (SSSR count). The third kappa shape index (κ3) is 7.94. The molecule has 2 N–H and O–H groups in total. The number of rotatable bonds is 7. The second-order valence-electron chi connectivity index (χ2n) is 7.42. The van der Waals surface area contributed by atoms with Crippen LogP contribution in [0.15, 0.2) is 60.7 Å². The summed E-state index contributed by atoms with van der Waals surface area (Å²) in [6.45, 7) is 5.88. The maximum Gasteiger partial charge on any atom is 0.408 e. The first-order chi connectivity index (χ1) is 12.8. The molecule has 0 fully saturated rings. The van der Waals surface area contributed by atoms with Gasteiger partial charge in [0.25, 0.3) is 0 Å². The lowest BCUT2D eigenvalue weighted by Crippen LogP contribution is -2.49. The van der Waals surface area contributed by atoms with Crippen molar-refractivity contribution in [1.29, 1.82) is 0 Å². The third-order valence-corrected chi connectivity index (χ3v) is 3.85. The molecule has 0 bridgehead atoms. The fraction of sp³-hybridized carbons (Fsp3) is 0.364. The molecule has 0 spiro atoms. The Morgan fingerprint density at radius 3 is 2.04 bits per heavy atom. The van der Waals surface area contributed by atoms with E-state index in [0.29, 0.717) is 13.0 Å². The van der Waals surface area contributed by atoms with Crippen LogP contribution in [0.25, 0.3) is 0 Å². The maximum atomic E-state index is 12.7. The van der Waals surface area contributed by atoms with Crippen molar-refractivity contribution in [2.75, 3.05) is 6.54 Å². The zero-order chi connectivity index (χ0) is 19.7. The number of amides is 2. The van der Waals surface area contributed by atoms with Crippen LogP contribution in [0.5, 0.6) is 0 Å². The zero-order valence-corrected chi connectivity index (χ0v) is 16.2. The average Bonchev–Trinajstić information content (AvgIpc) is 2.61. The smallest absolute Gasteiger partial charge is 0.408 e. The zero-order valence-electron chi connectivity index (χ0n) is 16.2. The molecule has 27 heavy (non-hydrogen) atoms. The molecular weight excluding hydrogens is 340 g/mol. The Hall–Kier alpha value is -2.82. The molecule has 2 aromatic carbocycles. The molecule has 0 saturated carbocycles. The highest BCUT2D eigenvalue weighted by molar-refractivity contribution is 5.86. The molecule has 5 nitrogen and oxygen atoms in total. The molecule has 0 aromatic heterocycles. The van der Waals surface area contributed by atoms with Crippen molar-refractivity contribution in [1.82, 2.24) is 10.6 Å². The molecule has 1 atom stereocenters. The first-order valence-corrected chi connectivity index (χ1v) is 9.18. The number of alkyl carbamates (subject to hydrolysis) is 1. The predicted molar refractivity (Wildman–Crippen MR) is 106 cm³/mol. The quantitative estimate of drug-likeness (QED) is 0.786. The third-order valence-electron chi connectivity index (χ3n) is 3.85. The van der Waals surface area contributed by atoms with E-state index in [1.165, 1.54) is 0 Å². The summed E-state index contributed by atoms with van der Waals surface area (Å²) in [4.78, 5) is 24.8. The van der Waals surface area contributed by atoms with Crippen molar-refractivity contribution >= 4 is 12.0 Å². The van der Waals surface area contributed by atoms with Crippen LogP contribution in [-0.2, 0) is 22.4 Å². The summed E-state index contributed by atoms with van der Waals surface area (Å²) in [5.74, 6) is -0.222. The van der Waals surface area contributed by atoms with Crippen LogP contribution in [0.4, 0.5) is 4.79 Å². The fourth-order valence-electron chi connectivity index (χ4n) is 2.61. The van der Waals surface area contributed by atoms with Crippen molar-refractivity contribution in [3.63, 3.8) is 0 Å². The Morgan fingerprint density at radius 2 is 1.48 bits per heavy atom. The highest BCUT2D eigenvalue weighted by Gasteiger charge is 2.24. The van der Waals surface area contributed by atoms with Crippen molar-refractivity contribution in [3.05, 3.63) is 71.8 Å². The SMILES string of the molecule is CC(C)(C)OC(=O)NC(Cc1ccccc1)C(=O)NCCc1ccccc1. The van der Waals surface area contributed by atoms with Gasteiger partial charge in [0.2, 0.25) is 5.91 Å². The van der Waals surface area contributed by atoms with Crippen molar-refractivity contribution in [2.24, 2.45) is 0 Å². The Balaban J connectivity index is 1.96. The minimum absolute atomic E-state index is 0.222. The summed E-state index contributed by atoms with van der Waals surface area (Å²) >= 11 is 0. The van der Waals surface area contributed by atoms with Gasteiger partial charge < -0.3 is 15.4 Å². The van der Waals surface area contributed by atoms with E-state index in [0.717, 1.165) is 17.5 Å². The second kappa shape index (κ2) is 9.76.